The van der Waals surface area contributed by atoms with Gasteiger partial charge in [0.1, 0.15) is 11.6 Å². The molecule has 0 fully saturated rings. The standard InChI is InChI=1S/C21H24N6O4S/c1-27(2)15-14-23-32(29,30)18-10-8-16(9-11-18)24-20-22-13-12-19(25-20)26-21(28)31-17-6-4-3-5-7-17/h3-13,23H,14-15H2,1-2H3,(H2,22,24,25,26,28). The molecule has 11 heteroatoms. The fourth-order valence-electron chi connectivity index (χ4n) is 2.55. The zero-order valence-electron chi connectivity index (χ0n) is 17.6. The lowest BCUT2D eigenvalue weighted by atomic mass is 10.3. The third-order valence-corrected chi connectivity index (χ3v) is 5.59. The molecule has 3 rings (SSSR count). The largest absolute Gasteiger partial charge is 0.418 e. The van der Waals surface area contributed by atoms with Crippen molar-refractivity contribution in [3.8, 4) is 5.75 Å². The second-order valence-corrected chi connectivity index (χ2v) is 8.71. The number of aromatic nitrogens is 2. The van der Waals surface area contributed by atoms with E-state index < -0.39 is 16.1 Å². The van der Waals surface area contributed by atoms with E-state index in [1.165, 1.54) is 24.4 Å². The molecule has 0 atom stereocenters. The van der Waals surface area contributed by atoms with Crippen molar-refractivity contribution in [1.29, 1.82) is 0 Å². The molecule has 0 aliphatic carbocycles. The van der Waals surface area contributed by atoms with Crippen molar-refractivity contribution in [1.82, 2.24) is 19.6 Å². The van der Waals surface area contributed by atoms with Crippen LogP contribution in [0.4, 0.5) is 22.2 Å². The highest BCUT2D eigenvalue weighted by Gasteiger charge is 2.13. The number of benzene rings is 2. The number of ether oxygens (including phenoxy) is 1. The molecule has 168 valence electrons. The number of nitrogens with zero attached hydrogens (tertiary/aromatic N) is 3. The molecule has 3 N–H and O–H groups in total. The number of hydrogen-bond donors (Lipinski definition) is 3. The van der Waals surface area contributed by atoms with Crippen molar-refractivity contribution in [3.63, 3.8) is 0 Å². The summed E-state index contributed by atoms with van der Waals surface area (Å²) in [6, 6.07) is 16.4. The summed E-state index contributed by atoms with van der Waals surface area (Å²) >= 11 is 0. The summed E-state index contributed by atoms with van der Waals surface area (Å²) in [4.78, 5) is 22.4. The lowest BCUT2D eigenvalue weighted by Gasteiger charge is -2.11. The third-order valence-electron chi connectivity index (χ3n) is 4.11. The van der Waals surface area contributed by atoms with Crippen molar-refractivity contribution >= 4 is 33.6 Å². The Bertz CT molecular complexity index is 1140. The number of carbonyl (C=O) groups excluding carboxylic acids is 1. The average Bonchev–Trinajstić information content (AvgIpc) is 2.74. The van der Waals surface area contributed by atoms with E-state index in [-0.39, 0.29) is 16.7 Å². The Morgan fingerprint density at radius 3 is 2.44 bits per heavy atom. The first-order valence-corrected chi connectivity index (χ1v) is 11.2. The predicted molar refractivity (Wildman–Crippen MR) is 122 cm³/mol. The number of carbonyl (C=O) groups is 1. The molecule has 0 spiro atoms. The zero-order valence-corrected chi connectivity index (χ0v) is 18.5. The molecule has 0 aliphatic heterocycles. The topological polar surface area (TPSA) is 126 Å². The van der Waals surface area contributed by atoms with E-state index in [9.17, 15) is 13.2 Å². The summed E-state index contributed by atoms with van der Waals surface area (Å²) in [6.07, 6.45) is 0.790. The van der Waals surface area contributed by atoms with Gasteiger partial charge in [0, 0.05) is 25.0 Å². The minimum Gasteiger partial charge on any atom is -0.410 e. The normalized spacial score (nSPS) is 11.2. The van der Waals surface area contributed by atoms with Crippen LogP contribution in [0.15, 0.2) is 71.8 Å². The average molecular weight is 457 g/mol. The van der Waals surface area contributed by atoms with Gasteiger partial charge in [0.05, 0.1) is 4.90 Å². The Balaban J connectivity index is 1.59. The Morgan fingerprint density at radius 1 is 1.03 bits per heavy atom. The molecular weight excluding hydrogens is 432 g/mol. The summed E-state index contributed by atoms with van der Waals surface area (Å²) < 4.78 is 32.4. The first-order valence-electron chi connectivity index (χ1n) is 9.70. The SMILES string of the molecule is CN(C)CCNS(=O)(=O)c1ccc(Nc2nccc(NC(=O)Oc3ccccc3)n2)cc1. The summed E-state index contributed by atoms with van der Waals surface area (Å²) in [5, 5.41) is 5.50. The minimum atomic E-state index is -3.59. The van der Waals surface area contributed by atoms with Crippen molar-refractivity contribution < 1.29 is 17.9 Å². The molecule has 1 aromatic heterocycles. The molecule has 0 saturated carbocycles. The van der Waals surface area contributed by atoms with Crippen molar-refractivity contribution in [3.05, 3.63) is 66.9 Å². The lowest BCUT2D eigenvalue weighted by molar-refractivity contribution is 0.215. The number of likely N-dealkylation sites (N-methyl/N-ethyl adjacent to an activating group) is 1. The van der Waals surface area contributed by atoms with Gasteiger partial charge in [-0.1, -0.05) is 18.2 Å². The Morgan fingerprint density at radius 2 is 1.75 bits per heavy atom. The first kappa shape index (κ1) is 23.1. The smallest absolute Gasteiger partial charge is 0.410 e. The van der Waals surface area contributed by atoms with Gasteiger partial charge in [-0.2, -0.15) is 4.98 Å². The molecular formula is C21H24N6O4S. The maximum absolute atomic E-state index is 12.3. The van der Waals surface area contributed by atoms with Crippen LogP contribution in [0.25, 0.3) is 0 Å². The minimum absolute atomic E-state index is 0.154. The van der Waals surface area contributed by atoms with Gasteiger partial charge in [-0.3, -0.25) is 5.32 Å². The van der Waals surface area contributed by atoms with Gasteiger partial charge in [0.2, 0.25) is 16.0 Å². The fourth-order valence-corrected chi connectivity index (χ4v) is 3.57. The van der Waals surface area contributed by atoms with Gasteiger partial charge < -0.3 is 15.0 Å². The molecule has 1 amide bonds. The van der Waals surface area contributed by atoms with Crippen LogP contribution in [0.1, 0.15) is 0 Å². The summed E-state index contributed by atoms with van der Waals surface area (Å²) in [6.45, 7) is 0.912. The molecule has 0 aliphatic rings. The molecule has 0 saturated heterocycles. The van der Waals surface area contributed by atoms with Gasteiger partial charge >= 0.3 is 6.09 Å². The van der Waals surface area contributed by atoms with Crippen LogP contribution >= 0.6 is 0 Å². The third kappa shape index (κ3) is 7.01. The number of rotatable bonds is 9. The molecule has 0 radical (unpaired) electrons. The highest BCUT2D eigenvalue weighted by atomic mass is 32.2. The van der Waals surface area contributed by atoms with E-state index in [0.29, 0.717) is 24.5 Å². The number of anilines is 3. The van der Waals surface area contributed by atoms with Gasteiger partial charge in [-0.15, -0.1) is 0 Å². The number of para-hydroxylation sites is 1. The van der Waals surface area contributed by atoms with Crippen LogP contribution in [-0.4, -0.2) is 56.6 Å². The molecule has 2 aromatic carbocycles. The Labute approximate surface area is 186 Å². The Kier molecular flexibility index (Phi) is 7.71. The van der Waals surface area contributed by atoms with Crippen molar-refractivity contribution in [2.75, 3.05) is 37.8 Å². The van der Waals surface area contributed by atoms with Gasteiger partial charge in [0.25, 0.3) is 0 Å². The van der Waals surface area contributed by atoms with Crippen LogP contribution in [0.5, 0.6) is 5.75 Å². The van der Waals surface area contributed by atoms with Crippen molar-refractivity contribution in [2.45, 2.75) is 4.90 Å². The van der Waals surface area contributed by atoms with E-state index in [1.807, 2.05) is 25.1 Å². The Hall–Kier alpha value is -3.54. The number of sulfonamides is 1. The summed E-state index contributed by atoms with van der Waals surface area (Å²) in [7, 11) is 0.149. The van der Waals surface area contributed by atoms with E-state index >= 15 is 0 Å². The quantitative estimate of drug-likeness (QED) is 0.449. The molecule has 32 heavy (non-hydrogen) atoms. The molecule has 3 aromatic rings. The van der Waals surface area contributed by atoms with Crippen LogP contribution < -0.4 is 20.1 Å². The fraction of sp³-hybridized carbons (Fsp3) is 0.190. The zero-order chi connectivity index (χ0) is 23.0. The highest BCUT2D eigenvalue weighted by molar-refractivity contribution is 7.89. The maximum Gasteiger partial charge on any atom is 0.418 e. The van der Waals surface area contributed by atoms with E-state index in [4.69, 9.17) is 4.74 Å². The number of hydrogen-bond acceptors (Lipinski definition) is 8. The highest BCUT2D eigenvalue weighted by Crippen LogP contribution is 2.18. The van der Waals surface area contributed by atoms with Crippen LogP contribution in [0.2, 0.25) is 0 Å². The monoisotopic (exact) mass is 456 g/mol. The number of amides is 1. The van der Waals surface area contributed by atoms with Gasteiger partial charge in [0.15, 0.2) is 0 Å². The summed E-state index contributed by atoms with van der Waals surface area (Å²) in [5.74, 6) is 0.874. The van der Waals surface area contributed by atoms with Gasteiger partial charge in [-0.25, -0.2) is 22.9 Å². The van der Waals surface area contributed by atoms with Gasteiger partial charge in [-0.05, 0) is 56.6 Å². The maximum atomic E-state index is 12.3. The molecule has 1 heterocycles. The first-order chi connectivity index (χ1) is 15.3. The predicted octanol–water partition coefficient (Wildman–Crippen LogP) is 2.67. The summed E-state index contributed by atoms with van der Waals surface area (Å²) in [5.41, 5.74) is 0.584. The second kappa shape index (κ2) is 10.7. The molecule has 10 nitrogen and oxygen atoms in total. The van der Waals surface area contributed by atoms with E-state index in [1.54, 1.807) is 36.4 Å². The molecule has 0 unspecified atom stereocenters. The van der Waals surface area contributed by atoms with E-state index in [0.717, 1.165) is 0 Å². The number of nitrogens with one attached hydrogen (secondary N) is 3. The van der Waals surface area contributed by atoms with Crippen LogP contribution in [0, 0.1) is 0 Å². The van der Waals surface area contributed by atoms with Crippen molar-refractivity contribution in [2.24, 2.45) is 0 Å². The van der Waals surface area contributed by atoms with Crippen LogP contribution in [0.3, 0.4) is 0 Å². The molecule has 0 bridgehead atoms. The van der Waals surface area contributed by atoms with E-state index in [2.05, 4.69) is 25.3 Å². The lowest BCUT2D eigenvalue weighted by Crippen LogP contribution is -2.31. The second-order valence-electron chi connectivity index (χ2n) is 6.94. The van der Waals surface area contributed by atoms with Crippen LogP contribution in [-0.2, 0) is 10.0 Å².